The summed E-state index contributed by atoms with van der Waals surface area (Å²) in [5, 5.41) is 9.08. The van der Waals surface area contributed by atoms with Crippen LogP contribution in [0.1, 0.15) is 30.9 Å². The molecule has 1 atom stereocenters. The largest absolute Gasteiger partial charge is 0.392 e. The standard InChI is InChI=1S/C18H24F2N2O2/c1-2-22-8-7-17(16(22)24)11-18(19,20)13-21(12-17)9-14-3-5-15(10-23)6-4-14/h3-6,23H,2,7-13H2,1H3/t17-/m1/s1. The molecule has 2 heterocycles. The van der Waals surface area contributed by atoms with Gasteiger partial charge in [0.2, 0.25) is 5.91 Å². The van der Waals surface area contributed by atoms with E-state index in [0.717, 1.165) is 11.1 Å². The van der Waals surface area contributed by atoms with Crippen molar-refractivity contribution in [2.75, 3.05) is 26.2 Å². The summed E-state index contributed by atoms with van der Waals surface area (Å²) in [5.74, 6) is -2.96. The fraction of sp³-hybridized carbons (Fsp3) is 0.611. The molecule has 0 aromatic heterocycles. The smallest absolute Gasteiger partial charge is 0.261 e. The first kappa shape index (κ1) is 17.3. The number of hydrogen-bond acceptors (Lipinski definition) is 3. The molecule has 3 rings (SSSR count). The molecule has 0 aliphatic carbocycles. The van der Waals surface area contributed by atoms with Crippen molar-refractivity contribution in [1.82, 2.24) is 9.80 Å². The van der Waals surface area contributed by atoms with Gasteiger partial charge in [-0.2, -0.15) is 0 Å². The third-order valence-electron chi connectivity index (χ3n) is 5.17. The number of nitrogens with zero attached hydrogens (tertiary/aromatic N) is 2. The molecule has 1 amide bonds. The number of likely N-dealkylation sites (tertiary alicyclic amines) is 2. The van der Waals surface area contributed by atoms with E-state index in [9.17, 15) is 13.6 Å². The molecule has 2 fully saturated rings. The Bertz CT molecular complexity index is 606. The molecular formula is C18H24F2N2O2. The van der Waals surface area contributed by atoms with Gasteiger partial charge in [-0.15, -0.1) is 0 Å². The summed E-state index contributed by atoms with van der Waals surface area (Å²) >= 11 is 0. The minimum Gasteiger partial charge on any atom is -0.392 e. The summed E-state index contributed by atoms with van der Waals surface area (Å²) in [5.41, 5.74) is 0.768. The van der Waals surface area contributed by atoms with Crippen molar-refractivity contribution in [3.05, 3.63) is 35.4 Å². The van der Waals surface area contributed by atoms with E-state index in [0.29, 0.717) is 32.6 Å². The van der Waals surface area contributed by atoms with E-state index in [1.807, 2.05) is 19.1 Å². The molecule has 1 aromatic rings. The molecule has 4 nitrogen and oxygen atoms in total. The third-order valence-corrected chi connectivity index (χ3v) is 5.17. The van der Waals surface area contributed by atoms with Gasteiger partial charge in [-0.25, -0.2) is 8.78 Å². The first-order chi connectivity index (χ1) is 11.4. The molecule has 1 aromatic carbocycles. The molecule has 132 valence electrons. The number of carbonyl (C=O) groups is 1. The molecular weight excluding hydrogens is 314 g/mol. The lowest BCUT2D eigenvalue weighted by Gasteiger charge is -2.43. The summed E-state index contributed by atoms with van der Waals surface area (Å²) in [6, 6.07) is 7.29. The number of carbonyl (C=O) groups excluding carboxylic acids is 1. The zero-order chi connectivity index (χ0) is 17.4. The Morgan fingerprint density at radius 2 is 1.83 bits per heavy atom. The van der Waals surface area contributed by atoms with Crippen LogP contribution in [0.2, 0.25) is 0 Å². The van der Waals surface area contributed by atoms with Crippen molar-refractivity contribution >= 4 is 5.91 Å². The number of rotatable bonds is 4. The van der Waals surface area contributed by atoms with Crippen LogP contribution in [0.5, 0.6) is 0 Å². The van der Waals surface area contributed by atoms with Gasteiger partial charge >= 0.3 is 0 Å². The molecule has 2 aliphatic rings. The van der Waals surface area contributed by atoms with Crippen LogP contribution >= 0.6 is 0 Å². The number of piperidine rings is 1. The second-order valence-electron chi connectivity index (χ2n) is 7.07. The molecule has 0 unspecified atom stereocenters. The molecule has 0 bridgehead atoms. The lowest BCUT2D eigenvalue weighted by atomic mass is 9.77. The second-order valence-corrected chi connectivity index (χ2v) is 7.07. The highest BCUT2D eigenvalue weighted by atomic mass is 19.3. The van der Waals surface area contributed by atoms with Gasteiger partial charge in [0.25, 0.3) is 5.92 Å². The maximum atomic E-state index is 14.3. The van der Waals surface area contributed by atoms with Crippen LogP contribution in [0.4, 0.5) is 8.78 Å². The average molecular weight is 338 g/mol. The minimum atomic E-state index is -2.84. The van der Waals surface area contributed by atoms with Crippen molar-refractivity contribution in [2.45, 2.75) is 38.8 Å². The molecule has 2 aliphatic heterocycles. The highest BCUT2D eigenvalue weighted by molar-refractivity contribution is 5.85. The van der Waals surface area contributed by atoms with Gasteiger partial charge in [0.05, 0.1) is 18.6 Å². The van der Waals surface area contributed by atoms with Crippen molar-refractivity contribution in [3.63, 3.8) is 0 Å². The summed E-state index contributed by atoms with van der Waals surface area (Å²) in [6.45, 7) is 3.47. The van der Waals surface area contributed by atoms with Gasteiger partial charge in [0, 0.05) is 32.6 Å². The fourth-order valence-corrected chi connectivity index (χ4v) is 4.04. The van der Waals surface area contributed by atoms with Crippen molar-refractivity contribution in [2.24, 2.45) is 5.41 Å². The number of benzene rings is 1. The Labute approximate surface area is 141 Å². The quantitative estimate of drug-likeness (QED) is 0.916. The van der Waals surface area contributed by atoms with Crippen LogP contribution in [0.3, 0.4) is 0 Å². The van der Waals surface area contributed by atoms with Gasteiger partial charge in [0.15, 0.2) is 0 Å². The van der Waals surface area contributed by atoms with E-state index in [4.69, 9.17) is 5.11 Å². The van der Waals surface area contributed by atoms with Crippen LogP contribution in [0, 0.1) is 5.41 Å². The predicted molar refractivity (Wildman–Crippen MR) is 86.5 cm³/mol. The lowest BCUT2D eigenvalue weighted by molar-refractivity contribution is -0.155. The Kier molecular flexibility index (Phi) is 4.62. The lowest BCUT2D eigenvalue weighted by Crippen LogP contribution is -2.55. The number of amides is 1. The molecule has 6 heteroatoms. The predicted octanol–water partition coefficient (Wildman–Crippen LogP) is 2.26. The summed E-state index contributed by atoms with van der Waals surface area (Å²) in [6.07, 6.45) is 0.171. The maximum absolute atomic E-state index is 14.3. The summed E-state index contributed by atoms with van der Waals surface area (Å²) in [7, 11) is 0. The zero-order valence-corrected chi connectivity index (χ0v) is 14.0. The number of aliphatic hydroxyl groups is 1. The van der Waals surface area contributed by atoms with Gasteiger partial charge in [-0.05, 0) is 24.5 Å². The van der Waals surface area contributed by atoms with Gasteiger partial charge in [-0.3, -0.25) is 9.69 Å². The SMILES string of the molecule is CCN1CC[C@@]2(CN(Cc3ccc(CO)cc3)CC(F)(F)C2)C1=O. The van der Waals surface area contributed by atoms with E-state index in [-0.39, 0.29) is 25.5 Å². The van der Waals surface area contributed by atoms with Gasteiger partial charge < -0.3 is 10.0 Å². The molecule has 24 heavy (non-hydrogen) atoms. The molecule has 2 saturated heterocycles. The van der Waals surface area contributed by atoms with E-state index < -0.39 is 11.3 Å². The van der Waals surface area contributed by atoms with E-state index in [1.165, 1.54) is 0 Å². The molecule has 0 radical (unpaired) electrons. The Balaban J connectivity index is 1.77. The first-order valence-corrected chi connectivity index (χ1v) is 8.46. The normalized spacial score (nSPS) is 27.2. The van der Waals surface area contributed by atoms with E-state index in [2.05, 4.69) is 0 Å². The van der Waals surface area contributed by atoms with E-state index >= 15 is 0 Å². The third kappa shape index (κ3) is 3.30. The number of alkyl halides is 2. The minimum absolute atomic E-state index is 0.0352. The Morgan fingerprint density at radius 3 is 2.42 bits per heavy atom. The van der Waals surface area contributed by atoms with Gasteiger partial charge in [-0.1, -0.05) is 24.3 Å². The highest BCUT2D eigenvalue weighted by Crippen LogP contribution is 2.45. The molecule has 1 spiro atoms. The number of halogens is 2. The molecule has 1 N–H and O–H groups in total. The van der Waals surface area contributed by atoms with Crippen molar-refractivity contribution in [3.8, 4) is 0 Å². The topological polar surface area (TPSA) is 43.8 Å². The first-order valence-electron chi connectivity index (χ1n) is 8.46. The fourth-order valence-electron chi connectivity index (χ4n) is 4.04. The summed E-state index contributed by atoms with van der Waals surface area (Å²) in [4.78, 5) is 16.0. The van der Waals surface area contributed by atoms with Crippen LogP contribution in [-0.4, -0.2) is 52.9 Å². The molecule has 0 saturated carbocycles. The van der Waals surface area contributed by atoms with Crippen LogP contribution in [-0.2, 0) is 17.9 Å². The maximum Gasteiger partial charge on any atom is 0.261 e. The van der Waals surface area contributed by atoms with Crippen molar-refractivity contribution < 1.29 is 18.7 Å². The van der Waals surface area contributed by atoms with Crippen LogP contribution in [0.15, 0.2) is 24.3 Å². The second kappa shape index (κ2) is 6.41. The van der Waals surface area contributed by atoms with Crippen LogP contribution in [0.25, 0.3) is 0 Å². The van der Waals surface area contributed by atoms with E-state index in [1.54, 1.807) is 21.9 Å². The summed E-state index contributed by atoms with van der Waals surface area (Å²) < 4.78 is 28.7. The van der Waals surface area contributed by atoms with Crippen molar-refractivity contribution in [1.29, 1.82) is 0 Å². The van der Waals surface area contributed by atoms with Crippen LogP contribution < -0.4 is 0 Å². The number of hydrogen-bond donors (Lipinski definition) is 1. The Hall–Kier alpha value is -1.53. The van der Waals surface area contributed by atoms with Gasteiger partial charge in [0.1, 0.15) is 0 Å². The average Bonchev–Trinajstić information content (AvgIpc) is 2.82. The monoisotopic (exact) mass is 338 g/mol. The zero-order valence-electron chi connectivity index (χ0n) is 14.0. The highest BCUT2D eigenvalue weighted by Gasteiger charge is 2.56. The Morgan fingerprint density at radius 1 is 1.17 bits per heavy atom. The number of aliphatic hydroxyl groups excluding tert-OH is 1.